The Bertz CT molecular complexity index is 2180. The van der Waals surface area contributed by atoms with E-state index in [1.807, 2.05) is 0 Å². The summed E-state index contributed by atoms with van der Waals surface area (Å²) in [6.07, 6.45) is 14.8. The first-order valence-corrected chi connectivity index (χ1v) is 25.7. The number of hydrogen-bond donors (Lipinski definition) is 4. The SMILES string of the molecule is CCCCCOC1CCC(C(=O)Oc2ccc(/C=C/C(=O)C(O)C(Cc3ccc(N)cc3)(Cc3ccc(N)cc3)C(O)C(=O)/C=C/c3ccc(OC(=O)C4CCC(OCCCCC)CC4)cc3)cc2)CC1. The van der Waals surface area contributed by atoms with Gasteiger partial charge >= 0.3 is 11.9 Å². The lowest BCUT2D eigenvalue weighted by molar-refractivity contribution is -0.146. The van der Waals surface area contributed by atoms with Crippen molar-refractivity contribution in [2.75, 3.05) is 24.7 Å². The van der Waals surface area contributed by atoms with E-state index in [0.717, 1.165) is 77.4 Å². The molecule has 0 heterocycles. The highest BCUT2D eigenvalue weighted by Crippen LogP contribution is 2.38. The van der Waals surface area contributed by atoms with E-state index in [0.29, 0.717) is 70.8 Å². The summed E-state index contributed by atoms with van der Waals surface area (Å²) in [4.78, 5) is 54.5. The van der Waals surface area contributed by atoms with Gasteiger partial charge in [-0.1, -0.05) is 100 Å². The van der Waals surface area contributed by atoms with Crippen LogP contribution in [0.2, 0.25) is 0 Å². The summed E-state index contributed by atoms with van der Waals surface area (Å²) in [7, 11) is 0. The van der Waals surface area contributed by atoms with Gasteiger partial charge in [-0.05, 0) is 160 Å². The summed E-state index contributed by atoms with van der Waals surface area (Å²) in [5.74, 6) is -1.67. The number of nitrogen functional groups attached to an aromatic ring is 2. The number of aliphatic hydroxyl groups excluding tert-OH is 2. The quantitative estimate of drug-likeness (QED) is 0.0153. The topological polar surface area (TPSA) is 198 Å². The van der Waals surface area contributed by atoms with E-state index in [-0.39, 0.29) is 48.8 Å². The fourth-order valence-corrected chi connectivity index (χ4v) is 9.56. The van der Waals surface area contributed by atoms with E-state index in [4.69, 9.17) is 30.4 Å². The molecule has 12 heteroatoms. The second kappa shape index (κ2) is 27.6. The summed E-state index contributed by atoms with van der Waals surface area (Å²) in [6, 6.07) is 27.1. The number of carbonyl (C=O) groups is 4. The van der Waals surface area contributed by atoms with Crippen LogP contribution in [0.5, 0.6) is 11.5 Å². The molecule has 4 aromatic rings. The van der Waals surface area contributed by atoms with Gasteiger partial charge in [-0.25, -0.2) is 0 Å². The fourth-order valence-electron chi connectivity index (χ4n) is 9.56. The van der Waals surface area contributed by atoms with Gasteiger partial charge in [0.15, 0.2) is 11.6 Å². The molecule has 6 rings (SSSR count). The molecule has 2 saturated carbocycles. The van der Waals surface area contributed by atoms with Crippen LogP contribution >= 0.6 is 0 Å². The van der Waals surface area contributed by atoms with Crippen LogP contribution in [-0.4, -0.2) is 71.3 Å². The minimum absolute atomic E-state index is 0.0828. The van der Waals surface area contributed by atoms with Gasteiger partial charge in [0, 0.05) is 30.0 Å². The summed E-state index contributed by atoms with van der Waals surface area (Å²) >= 11 is 0. The molecule has 0 bridgehead atoms. The Morgan fingerprint density at radius 1 is 0.535 bits per heavy atom. The van der Waals surface area contributed by atoms with Crippen molar-refractivity contribution in [3.63, 3.8) is 0 Å². The highest BCUT2D eigenvalue weighted by Gasteiger charge is 2.49. The van der Waals surface area contributed by atoms with E-state index in [1.165, 1.54) is 24.3 Å². The Balaban J connectivity index is 1.13. The van der Waals surface area contributed by atoms with Gasteiger partial charge in [0.25, 0.3) is 0 Å². The average Bonchev–Trinajstić information content (AvgIpc) is 3.39. The van der Waals surface area contributed by atoms with Crippen molar-refractivity contribution < 1.29 is 48.3 Å². The molecule has 0 aromatic heterocycles. The molecule has 0 aliphatic heterocycles. The molecule has 0 spiro atoms. The van der Waals surface area contributed by atoms with Gasteiger partial charge in [0.2, 0.25) is 0 Å². The van der Waals surface area contributed by atoms with E-state index < -0.39 is 29.2 Å². The second-order valence-corrected chi connectivity index (χ2v) is 19.4. The fraction of sp³-hybridized carbons (Fsp3) is 0.458. The molecule has 2 atom stereocenters. The highest BCUT2D eigenvalue weighted by molar-refractivity contribution is 6.01. The Morgan fingerprint density at radius 3 is 1.23 bits per heavy atom. The third-order valence-corrected chi connectivity index (χ3v) is 13.9. The molecule has 2 aliphatic carbocycles. The normalized spacial score (nSPS) is 19.3. The number of ketones is 2. The maximum atomic E-state index is 14.2. The molecule has 0 saturated heterocycles. The van der Waals surface area contributed by atoms with Gasteiger partial charge in [-0.3, -0.25) is 19.2 Å². The zero-order valence-electron chi connectivity index (χ0n) is 41.6. The molecular weight excluding hydrogens is 897 g/mol. The van der Waals surface area contributed by atoms with E-state index >= 15 is 0 Å². The molecule has 12 nitrogen and oxygen atoms in total. The average molecular weight is 971 g/mol. The summed E-state index contributed by atoms with van der Waals surface area (Å²) < 4.78 is 23.5. The number of nitrogens with two attached hydrogens (primary N) is 2. The molecule has 71 heavy (non-hydrogen) atoms. The number of benzene rings is 4. The molecular formula is C59H74N2O10. The maximum Gasteiger partial charge on any atom is 0.314 e. The Labute approximate surface area is 419 Å². The number of carbonyl (C=O) groups excluding carboxylic acids is 4. The summed E-state index contributed by atoms with van der Waals surface area (Å²) in [5.41, 5.74) is 13.7. The number of aliphatic hydroxyl groups is 2. The monoisotopic (exact) mass is 971 g/mol. The van der Waals surface area contributed by atoms with Crippen molar-refractivity contribution in [2.45, 2.75) is 141 Å². The van der Waals surface area contributed by atoms with Crippen molar-refractivity contribution in [1.29, 1.82) is 0 Å². The minimum Gasteiger partial charge on any atom is -0.426 e. The molecule has 6 N–H and O–H groups in total. The first kappa shape index (κ1) is 54.4. The van der Waals surface area contributed by atoms with Crippen molar-refractivity contribution in [1.82, 2.24) is 0 Å². The standard InChI is InChI=1S/C59H74N2O10/c1-3-5-7-37-68-49-31-19-45(20-32-49)57(66)70-51-27-13-41(14-28-51)17-35-53(62)55(64)59(39-43-9-23-47(60)24-10-43,40-44-11-25-48(61)26-12-44)56(65)54(63)36-18-42-15-29-52(30-16-42)71-58(67)46-21-33-50(34-22-46)69-38-8-6-4-2/h9-18,23-30,35-36,45-46,49-50,55-56,64-65H,3-8,19-22,31-34,37-40,60-61H2,1-2H3/b35-17+,36-18+. The second-order valence-electron chi connectivity index (χ2n) is 19.4. The molecule has 2 unspecified atom stereocenters. The lowest BCUT2D eigenvalue weighted by atomic mass is 9.66. The molecule has 2 aliphatic rings. The van der Waals surface area contributed by atoms with Crippen LogP contribution in [0, 0.1) is 17.3 Å². The third kappa shape index (κ3) is 16.6. The van der Waals surface area contributed by atoms with Crippen molar-refractivity contribution in [3.8, 4) is 11.5 Å². The van der Waals surface area contributed by atoms with Gasteiger partial charge in [0.1, 0.15) is 23.7 Å². The number of unbranched alkanes of at least 4 members (excludes halogenated alkanes) is 4. The molecule has 4 aromatic carbocycles. The van der Waals surface area contributed by atoms with Crippen LogP contribution in [0.1, 0.15) is 126 Å². The van der Waals surface area contributed by atoms with E-state index in [1.54, 1.807) is 97.1 Å². The highest BCUT2D eigenvalue weighted by atomic mass is 16.5. The van der Waals surface area contributed by atoms with Crippen LogP contribution in [-0.2, 0) is 41.5 Å². The van der Waals surface area contributed by atoms with Crippen molar-refractivity contribution in [3.05, 3.63) is 131 Å². The number of esters is 2. The lowest BCUT2D eigenvalue weighted by Gasteiger charge is -2.40. The minimum atomic E-state index is -1.87. The number of rotatable bonds is 26. The van der Waals surface area contributed by atoms with Crippen LogP contribution in [0.15, 0.2) is 109 Å². The van der Waals surface area contributed by atoms with Crippen LogP contribution < -0.4 is 20.9 Å². The largest absolute Gasteiger partial charge is 0.426 e. The van der Waals surface area contributed by atoms with Gasteiger partial charge in [-0.2, -0.15) is 0 Å². The van der Waals surface area contributed by atoms with Crippen molar-refractivity contribution in [2.24, 2.45) is 17.3 Å². The molecule has 0 radical (unpaired) electrons. The van der Waals surface area contributed by atoms with Gasteiger partial charge in [0.05, 0.1) is 24.0 Å². The van der Waals surface area contributed by atoms with Crippen LogP contribution in [0.3, 0.4) is 0 Å². The van der Waals surface area contributed by atoms with E-state index in [9.17, 15) is 29.4 Å². The Hall–Kier alpha value is -5.92. The van der Waals surface area contributed by atoms with Crippen molar-refractivity contribution >= 4 is 47.0 Å². The Morgan fingerprint density at radius 2 is 0.887 bits per heavy atom. The molecule has 380 valence electrons. The lowest BCUT2D eigenvalue weighted by Crippen LogP contribution is -2.54. The predicted molar refractivity (Wildman–Crippen MR) is 278 cm³/mol. The third-order valence-electron chi connectivity index (χ3n) is 13.9. The predicted octanol–water partition coefficient (Wildman–Crippen LogP) is 10.3. The zero-order valence-corrected chi connectivity index (χ0v) is 41.6. The summed E-state index contributed by atoms with van der Waals surface area (Å²) in [6.45, 7) is 5.84. The zero-order chi connectivity index (χ0) is 50.6. The first-order chi connectivity index (χ1) is 34.3. The number of anilines is 2. The summed E-state index contributed by atoms with van der Waals surface area (Å²) in [5, 5.41) is 24.5. The first-order valence-electron chi connectivity index (χ1n) is 25.7. The number of ether oxygens (including phenoxy) is 4. The van der Waals surface area contributed by atoms with Gasteiger partial charge < -0.3 is 40.6 Å². The van der Waals surface area contributed by atoms with Gasteiger partial charge in [-0.15, -0.1) is 0 Å². The van der Waals surface area contributed by atoms with Crippen LogP contribution in [0.25, 0.3) is 12.2 Å². The maximum absolute atomic E-state index is 14.2. The molecule has 2 fully saturated rings. The van der Waals surface area contributed by atoms with E-state index in [2.05, 4.69) is 13.8 Å². The number of hydrogen-bond acceptors (Lipinski definition) is 12. The van der Waals surface area contributed by atoms with Crippen LogP contribution in [0.4, 0.5) is 11.4 Å². The molecule has 0 amide bonds. The smallest absolute Gasteiger partial charge is 0.314 e. The Kier molecular flexibility index (Phi) is 21.2.